The quantitative estimate of drug-likeness (QED) is 0.443. The number of para-hydroxylation sites is 2. The van der Waals surface area contributed by atoms with Crippen LogP contribution in [0.25, 0.3) is 0 Å². The van der Waals surface area contributed by atoms with Crippen LogP contribution < -0.4 is 10.1 Å². The first-order valence-corrected chi connectivity index (χ1v) is 8.54. The van der Waals surface area contributed by atoms with Crippen LogP contribution in [0.2, 0.25) is 0 Å². The summed E-state index contributed by atoms with van der Waals surface area (Å²) in [5.41, 5.74) is 1.95. The summed E-state index contributed by atoms with van der Waals surface area (Å²) in [4.78, 5) is 22.4. The summed E-state index contributed by atoms with van der Waals surface area (Å²) in [6.07, 6.45) is 0.750. The minimum atomic E-state index is -0.483. The molecular weight excluding hydrogens is 332 g/mol. The Morgan fingerprint density at radius 2 is 1.77 bits per heavy atom. The average Bonchev–Trinajstić information content (AvgIpc) is 2.58. The molecule has 6 nitrogen and oxygen atoms in total. The second kappa shape index (κ2) is 8.47. The summed E-state index contributed by atoms with van der Waals surface area (Å²) in [6, 6.07) is 14.0. The second-order valence-electron chi connectivity index (χ2n) is 7.05. The molecule has 0 aliphatic rings. The van der Waals surface area contributed by atoms with Crippen molar-refractivity contribution in [2.24, 2.45) is 0 Å². The smallest absolute Gasteiger partial charge is 0.310 e. The number of amides is 1. The number of carbonyl (C=O) groups excluding carboxylic acids is 1. The molecule has 2 aromatic carbocycles. The van der Waals surface area contributed by atoms with Gasteiger partial charge in [-0.2, -0.15) is 0 Å². The van der Waals surface area contributed by atoms with E-state index in [0.717, 1.165) is 5.69 Å². The number of ether oxygens (including phenoxy) is 1. The van der Waals surface area contributed by atoms with Gasteiger partial charge in [0.1, 0.15) is 0 Å². The van der Waals surface area contributed by atoms with Crippen LogP contribution in [0.15, 0.2) is 48.5 Å². The van der Waals surface area contributed by atoms with Crippen molar-refractivity contribution in [3.63, 3.8) is 0 Å². The van der Waals surface area contributed by atoms with Gasteiger partial charge in [-0.15, -0.1) is 0 Å². The first-order chi connectivity index (χ1) is 12.3. The van der Waals surface area contributed by atoms with Crippen LogP contribution in [-0.4, -0.2) is 17.4 Å². The van der Waals surface area contributed by atoms with E-state index in [2.05, 4.69) is 26.1 Å². The Hall–Kier alpha value is -2.89. The molecule has 0 atom stereocenters. The van der Waals surface area contributed by atoms with Crippen LogP contribution >= 0.6 is 0 Å². The molecule has 0 fully saturated rings. The Bertz CT molecular complexity index is 764. The van der Waals surface area contributed by atoms with Crippen molar-refractivity contribution in [3.05, 3.63) is 64.2 Å². The van der Waals surface area contributed by atoms with Gasteiger partial charge in [0.05, 0.1) is 11.5 Å². The zero-order chi connectivity index (χ0) is 19.2. The lowest BCUT2D eigenvalue weighted by Gasteiger charge is -2.19. The van der Waals surface area contributed by atoms with Crippen LogP contribution in [0.4, 0.5) is 11.4 Å². The third kappa shape index (κ3) is 5.58. The molecule has 138 valence electrons. The summed E-state index contributed by atoms with van der Waals surface area (Å²) in [5, 5.41) is 13.8. The van der Waals surface area contributed by atoms with Crippen molar-refractivity contribution in [2.45, 2.75) is 39.0 Å². The highest BCUT2D eigenvalue weighted by Gasteiger charge is 2.14. The Kier molecular flexibility index (Phi) is 6.33. The maximum absolute atomic E-state index is 12.0. The topological polar surface area (TPSA) is 81.5 Å². The Labute approximate surface area is 153 Å². The van der Waals surface area contributed by atoms with Crippen molar-refractivity contribution in [1.82, 2.24) is 0 Å². The minimum Gasteiger partial charge on any atom is -0.487 e. The molecule has 0 unspecified atom stereocenters. The molecule has 2 rings (SSSR count). The van der Waals surface area contributed by atoms with Crippen molar-refractivity contribution < 1.29 is 14.5 Å². The lowest BCUT2D eigenvalue weighted by molar-refractivity contribution is -0.385. The van der Waals surface area contributed by atoms with Gasteiger partial charge in [0.25, 0.3) is 0 Å². The van der Waals surface area contributed by atoms with Crippen molar-refractivity contribution >= 4 is 17.3 Å². The third-order valence-corrected chi connectivity index (χ3v) is 3.90. The molecule has 0 radical (unpaired) electrons. The van der Waals surface area contributed by atoms with Crippen LogP contribution in [0.5, 0.6) is 5.75 Å². The molecule has 0 bridgehead atoms. The van der Waals surface area contributed by atoms with E-state index in [1.807, 2.05) is 24.3 Å². The lowest BCUT2D eigenvalue weighted by Crippen LogP contribution is -2.14. The predicted molar refractivity (Wildman–Crippen MR) is 102 cm³/mol. The number of nitrogens with zero attached hydrogens (tertiary/aromatic N) is 1. The van der Waals surface area contributed by atoms with Crippen molar-refractivity contribution in [3.8, 4) is 5.75 Å². The minimum absolute atomic E-state index is 0.0694. The molecule has 0 spiro atoms. The fourth-order valence-electron chi connectivity index (χ4n) is 2.42. The fraction of sp³-hybridized carbons (Fsp3) is 0.350. The molecule has 6 heteroatoms. The first-order valence-electron chi connectivity index (χ1n) is 8.54. The van der Waals surface area contributed by atoms with Crippen LogP contribution in [0.1, 0.15) is 39.2 Å². The number of nitro groups is 1. The van der Waals surface area contributed by atoms with E-state index in [4.69, 9.17) is 4.74 Å². The van der Waals surface area contributed by atoms with Gasteiger partial charge in [0.2, 0.25) is 5.91 Å². The number of hydrogen-bond acceptors (Lipinski definition) is 4. The van der Waals surface area contributed by atoms with Gasteiger partial charge >= 0.3 is 5.69 Å². The van der Waals surface area contributed by atoms with E-state index in [1.165, 1.54) is 11.6 Å². The largest absolute Gasteiger partial charge is 0.487 e. The SMILES string of the molecule is CC(C)(C)c1ccc(NC(=O)CCCOc2ccccc2[N+](=O)[O-])cc1. The van der Waals surface area contributed by atoms with Crippen molar-refractivity contribution in [1.29, 1.82) is 0 Å². The highest BCUT2D eigenvalue weighted by molar-refractivity contribution is 5.90. The van der Waals surface area contributed by atoms with E-state index in [-0.39, 0.29) is 35.8 Å². The molecule has 0 saturated carbocycles. The van der Waals surface area contributed by atoms with Crippen LogP contribution in [0, 0.1) is 10.1 Å². The number of hydrogen-bond donors (Lipinski definition) is 1. The fourth-order valence-corrected chi connectivity index (χ4v) is 2.42. The Balaban J connectivity index is 1.78. The van der Waals surface area contributed by atoms with Gasteiger partial charge < -0.3 is 10.1 Å². The summed E-state index contributed by atoms with van der Waals surface area (Å²) >= 11 is 0. The highest BCUT2D eigenvalue weighted by Crippen LogP contribution is 2.26. The molecule has 1 N–H and O–H groups in total. The van der Waals surface area contributed by atoms with Crippen molar-refractivity contribution in [2.75, 3.05) is 11.9 Å². The average molecular weight is 356 g/mol. The third-order valence-electron chi connectivity index (χ3n) is 3.90. The molecule has 0 saturated heterocycles. The van der Waals surface area contributed by atoms with E-state index in [9.17, 15) is 14.9 Å². The van der Waals surface area contributed by atoms with Gasteiger partial charge in [-0.25, -0.2) is 0 Å². The Morgan fingerprint density at radius 3 is 2.38 bits per heavy atom. The first kappa shape index (κ1) is 19.4. The predicted octanol–water partition coefficient (Wildman–Crippen LogP) is 4.69. The van der Waals surface area contributed by atoms with Crippen LogP contribution in [0.3, 0.4) is 0 Å². The number of carbonyl (C=O) groups is 1. The number of benzene rings is 2. The summed E-state index contributed by atoms with van der Waals surface area (Å²) in [7, 11) is 0. The van der Waals surface area contributed by atoms with Crippen LogP contribution in [-0.2, 0) is 10.2 Å². The van der Waals surface area contributed by atoms with Gasteiger partial charge in [-0.05, 0) is 35.6 Å². The molecule has 0 aromatic heterocycles. The molecule has 26 heavy (non-hydrogen) atoms. The molecular formula is C20H24N2O4. The summed E-state index contributed by atoms with van der Waals surface area (Å²) in [6.45, 7) is 6.65. The monoisotopic (exact) mass is 356 g/mol. The number of rotatable bonds is 7. The highest BCUT2D eigenvalue weighted by atomic mass is 16.6. The maximum atomic E-state index is 12.0. The standard InChI is InChI=1S/C20H24N2O4/c1-20(2,3)15-10-12-16(13-11-15)21-19(23)9-6-14-26-18-8-5-4-7-17(18)22(24)25/h4-5,7-8,10-13H,6,9,14H2,1-3H3,(H,21,23). The molecule has 2 aromatic rings. The van der Waals surface area contributed by atoms with E-state index >= 15 is 0 Å². The number of nitro benzene ring substituents is 1. The normalized spacial score (nSPS) is 11.0. The number of anilines is 1. The summed E-state index contributed by atoms with van der Waals surface area (Å²) in [5.74, 6) is 0.107. The zero-order valence-electron chi connectivity index (χ0n) is 15.3. The zero-order valence-corrected chi connectivity index (χ0v) is 15.3. The molecule has 1 amide bonds. The van der Waals surface area contributed by atoms with Gasteiger partial charge in [0, 0.05) is 18.2 Å². The van der Waals surface area contributed by atoms with E-state index in [1.54, 1.807) is 18.2 Å². The number of nitrogens with one attached hydrogen (secondary N) is 1. The maximum Gasteiger partial charge on any atom is 0.310 e. The molecule has 0 heterocycles. The summed E-state index contributed by atoms with van der Waals surface area (Å²) < 4.78 is 5.43. The second-order valence-corrected chi connectivity index (χ2v) is 7.05. The Morgan fingerprint density at radius 1 is 1.12 bits per heavy atom. The van der Waals surface area contributed by atoms with Gasteiger partial charge in [-0.1, -0.05) is 45.0 Å². The lowest BCUT2D eigenvalue weighted by atomic mass is 9.87. The molecule has 0 aliphatic carbocycles. The molecule has 0 aliphatic heterocycles. The van der Waals surface area contributed by atoms with E-state index < -0.39 is 4.92 Å². The van der Waals surface area contributed by atoms with Gasteiger partial charge in [0.15, 0.2) is 5.75 Å². The van der Waals surface area contributed by atoms with E-state index in [0.29, 0.717) is 6.42 Å². The van der Waals surface area contributed by atoms with Gasteiger partial charge in [-0.3, -0.25) is 14.9 Å².